The van der Waals surface area contributed by atoms with E-state index in [0.717, 1.165) is 24.1 Å². The fourth-order valence-corrected chi connectivity index (χ4v) is 2.56. The molecule has 0 aliphatic carbocycles. The molecule has 2 aromatic rings. The highest BCUT2D eigenvalue weighted by atomic mass is 19.4. The van der Waals surface area contributed by atoms with E-state index >= 15 is 0 Å². The van der Waals surface area contributed by atoms with E-state index in [1.54, 1.807) is 18.2 Å². The van der Waals surface area contributed by atoms with Gasteiger partial charge in [0.1, 0.15) is 6.10 Å². The zero-order valence-electron chi connectivity index (χ0n) is 14.5. The van der Waals surface area contributed by atoms with Crippen LogP contribution in [0, 0.1) is 0 Å². The molecule has 2 nitrogen and oxygen atoms in total. The number of carbonyl (C=O) groups excluding carboxylic acids is 1. The smallest absolute Gasteiger partial charge is 0.384 e. The van der Waals surface area contributed by atoms with Crippen molar-refractivity contribution >= 4 is 11.9 Å². The van der Waals surface area contributed by atoms with Crippen LogP contribution in [-0.2, 0) is 11.0 Å². The Morgan fingerprint density at radius 3 is 2.23 bits per heavy atom. The van der Waals surface area contributed by atoms with Gasteiger partial charge >= 0.3 is 6.18 Å². The van der Waals surface area contributed by atoms with Gasteiger partial charge in [-0.1, -0.05) is 55.8 Å². The maximum absolute atomic E-state index is 12.7. The molecule has 0 saturated heterocycles. The van der Waals surface area contributed by atoms with Crippen molar-refractivity contribution in [3.63, 3.8) is 0 Å². The van der Waals surface area contributed by atoms with Crippen LogP contribution in [0.1, 0.15) is 49.0 Å². The molecule has 0 heterocycles. The minimum atomic E-state index is -4.44. The first-order valence-corrected chi connectivity index (χ1v) is 8.48. The third-order valence-corrected chi connectivity index (χ3v) is 4.05. The number of ketones is 1. The van der Waals surface area contributed by atoms with Crippen molar-refractivity contribution in [2.24, 2.45) is 0 Å². The van der Waals surface area contributed by atoms with Crippen LogP contribution in [0.25, 0.3) is 6.08 Å². The largest absolute Gasteiger partial charge is 0.416 e. The van der Waals surface area contributed by atoms with Crippen LogP contribution in [0.2, 0.25) is 0 Å². The molecule has 0 bridgehead atoms. The van der Waals surface area contributed by atoms with Crippen molar-refractivity contribution in [2.45, 2.75) is 38.5 Å². The van der Waals surface area contributed by atoms with E-state index in [-0.39, 0.29) is 23.3 Å². The SMILES string of the molecule is CCCCC(=O)/C(=C\c1ccccc1)C(O)c1ccc(C(F)(F)F)cc1. The minimum Gasteiger partial charge on any atom is -0.384 e. The van der Waals surface area contributed by atoms with Crippen molar-refractivity contribution in [2.75, 3.05) is 0 Å². The summed E-state index contributed by atoms with van der Waals surface area (Å²) in [5.74, 6) is -0.205. The Labute approximate surface area is 151 Å². The summed E-state index contributed by atoms with van der Waals surface area (Å²) >= 11 is 0. The van der Waals surface area contributed by atoms with E-state index in [0.29, 0.717) is 6.42 Å². The maximum atomic E-state index is 12.7. The van der Waals surface area contributed by atoms with Gasteiger partial charge in [0.15, 0.2) is 5.78 Å². The van der Waals surface area contributed by atoms with Crippen LogP contribution in [-0.4, -0.2) is 10.9 Å². The van der Waals surface area contributed by atoms with E-state index in [9.17, 15) is 23.1 Å². The number of aliphatic hydroxyl groups is 1. The number of hydrogen-bond donors (Lipinski definition) is 1. The van der Waals surface area contributed by atoms with Crippen molar-refractivity contribution in [3.05, 3.63) is 76.9 Å². The lowest BCUT2D eigenvalue weighted by Crippen LogP contribution is -2.12. The van der Waals surface area contributed by atoms with Gasteiger partial charge in [-0.3, -0.25) is 4.79 Å². The lowest BCUT2D eigenvalue weighted by Gasteiger charge is -2.16. The lowest BCUT2D eigenvalue weighted by atomic mass is 9.93. The summed E-state index contributed by atoms with van der Waals surface area (Å²) in [5.41, 5.74) is 0.395. The third-order valence-electron chi connectivity index (χ3n) is 4.05. The Morgan fingerprint density at radius 2 is 1.69 bits per heavy atom. The molecule has 1 unspecified atom stereocenters. The second-order valence-electron chi connectivity index (χ2n) is 6.06. The van der Waals surface area contributed by atoms with Gasteiger partial charge in [-0.05, 0) is 35.8 Å². The fourth-order valence-electron chi connectivity index (χ4n) is 2.56. The molecule has 2 rings (SSSR count). The summed E-state index contributed by atoms with van der Waals surface area (Å²) in [7, 11) is 0. The van der Waals surface area contributed by atoms with Gasteiger partial charge < -0.3 is 5.11 Å². The van der Waals surface area contributed by atoms with E-state index in [1.807, 2.05) is 25.1 Å². The molecule has 0 radical (unpaired) electrons. The number of rotatable bonds is 7. The molecular formula is C21H21F3O2. The van der Waals surface area contributed by atoms with Crippen LogP contribution in [0.3, 0.4) is 0 Å². The summed E-state index contributed by atoms with van der Waals surface area (Å²) in [4.78, 5) is 12.5. The van der Waals surface area contributed by atoms with E-state index in [1.165, 1.54) is 12.1 Å². The van der Waals surface area contributed by atoms with Gasteiger partial charge in [0.25, 0.3) is 0 Å². The summed E-state index contributed by atoms with van der Waals surface area (Å²) in [6.07, 6.45) is -2.32. The molecule has 1 N–H and O–H groups in total. The number of halogens is 3. The monoisotopic (exact) mass is 362 g/mol. The van der Waals surface area contributed by atoms with Crippen LogP contribution in [0.4, 0.5) is 13.2 Å². The average molecular weight is 362 g/mol. The number of aliphatic hydroxyl groups excluding tert-OH is 1. The van der Waals surface area contributed by atoms with Crippen LogP contribution < -0.4 is 0 Å². The summed E-state index contributed by atoms with van der Waals surface area (Å²) in [6, 6.07) is 13.3. The highest BCUT2D eigenvalue weighted by Crippen LogP contribution is 2.32. The second-order valence-corrected chi connectivity index (χ2v) is 6.06. The number of hydrogen-bond acceptors (Lipinski definition) is 2. The molecule has 0 amide bonds. The van der Waals surface area contributed by atoms with Gasteiger partial charge in [0.05, 0.1) is 5.56 Å². The Bertz CT molecular complexity index is 747. The van der Waals surface area contributed by atoms with Gasteiger partial charge in [0, 0.05) is 12.0 Å². The van der Waals surface area contributed by atoms with Crippen LogP contribution >= 0.6 is 0 Å². The standard InChI is InChI=1S/C21H21F3O2/c1-2-3-9-19(25)18(14-15-7-5-4-6-8-15)20(26)16-10-12-17(13-11-16)21(22,23)24/h4-8,10-14,20,26H,2-3,9H2,1H3/b18-14+. The predicted molar refractivity (Wildman–Crippen MR) is 95.4 cm³/mol. The highest BCUT2D eigenvalue weighted by Gasteiger charge is 2.30. The Hall–Kier alpha value is -2.40. The zero-order chi connectivity index (χ0) is 19.2. The molecule has 0 aromatic heterocycles. The molecular weight excluding hydrogens is 341 g/mol. The summed E-state index contributed by atoms with van der Waals surface area (Å²) < 4.78 is 38.1. The molecule has 138 valence electrons. The topological polar surface area (TPSA) is 37.3 Å². The molecule has 26 heavy (non-hydrogen) atoms. The quantitative estimate of drug-likeness (QED) is 0.653. The molecule has 0 aliphatic rings. The fraction of sp³-hybridized carbons (Fsp3) is 0.286. The van der Waals surface area contributed by atoms with Gasteiger partial charge in [0.2, 0.25) is 0 Å². The number of Topliss-reactive ketones (excluding diaryl/α,β-unsaturated/α-hetero) is 1. The molecule has 0 spiro atoms. The first kappa shape index (κ1) is 19.9. The van der Waals surface area contributed by atoms with Crippen LogP contribution in [0.5, 0.6) is 0 Å². The minimum absolute atomic E-state index is 0.185. The Kier molecular flexibility index (Phi) is 6.75. The summed E-state index contributed by atoms with van der Waals surface area (Å²) in [5, 5.41) is 10.6. The molecule has 2 aromatic carbocycles. The van der Waals surface area contributed by atoms with Crippen LogP contribution in [0.15, 0.2) is 60.2 Å². The third kappa shape index (κ3) is 5.30. The maximum Gasteiger partial charge on any atom is 0.416 e. The average Bonchev–Trinajstić information content (AvgIpc) is 2.64. The van der Waals surface area contributed by atoms with Crippen molar-refractivity contribution in [1.29, 1.82) is 0 Å². The van der Waals surface area contributed by atoms with E-state index < -0.39 is 17.8 Å². The van der Waals surface area contributed by atoms with E-state index in [2.05, 4.69) is 0 Å². The number of alkyl halides is 3. The van der Waals surface area contributed by atoms with Crippen molar-refractivity contribution in [3.8, 4) is 0 Å². The molecule has 0 fully saturated rings. The van der Waals surface area contributed by atoms with Gasteiger partial charge in [-0.2, -0.15) is 13.2 Å². The normalized spacial score (nSPS) is 13.5. The Morgan fingerprint density at radius 1 is 1.08 bits per heavy atom. The Balaban J connectivity index is 2.35. The van der Waals surface area contributed by atoms with Gasteiger partial charge in [-0.25, -0.2) is 0 Å². The molecule has 0 saturated carbocycles. The summed E-state index contributed by atoms with van der Waals surface area (Å²) in [6.45, 7) is 1.96. The lowest BCUT2D eigenvalue weighted by molar-refractivity contribution is -0.137. The first-order chi connectivity index (χ1) is 12.3. The molecule has 0 aliphatic heterocycles. The first-order valence-electron chi connectivity index (χ1n) is 8.48. The highest BCUT2D eigenvalue weighted by molar-refractivity contribution is 6.00. The number of carbonyl (C=O) groups is 1. The van der Waals surface area contributed by atoms with Crippen molar-refractivity contribution < 1.29 is 23.1 Å². The van der Waals surface area contributed by atoms with Gasteiger partial charge in [-0.15, -0.1) is 0 Å². The predicted octanol–water partition coefficient (Wildman–Crippen LogP) is 5.58. The van der Waals surface area contributed by atoms with Crippen molar-refractivity contribution in [1.82, 2.24) is 0 Å². The zero-order valence-corrected chi connectivity index (χ0v) is 14.5. The number of unbranched alkanes of at least 4 members (excludes halogenated alkanes) is 1. The second kappa shape index (κ2) is 8.81. The molecule has 1 atom stereocenters. The number of benzene rings is 2. The molecule has 5 heteroatoms. The van der Waals surface area contributed by atoms with E-state index in [4.69, 9.17) is 0 Å².